The van der Waals surface area contributed by atoms with Gasteiger partial charge in [0.05, 0.1) is 12.7 Å². The smallest absolute Gasteiger partial charge is 0.147 e. The van der Waals surface area contributed by atoms with Gasteiger partial charge >= 0.3 is 0 Å². The molecule has 0 fully saturated rings. The maximum absolute atomic E-state index is 5.75. The van der Waals surface area contributed by atoms with Crippen LogP contribution in [0, 0.1) is 0 Å². The fourth-order valence-electron chi connectivity index (χ4n) is 0.720. The third-order valence-electron chi connectivity index (χ3n) is 1.51. The van der Waals surface area contributed by atoms with Gasteiger partial charge in [0.15, 0.2) is 0 Å². The first-order valence-corrected chi connectivity index (χ1v) is 3.83. The fourth-order valence-corrected chi connectivity index (χ4v) is 0.866. The van der Waals surface area contributed by atoms with E-state index in [-0.39, 0.29) is 0 Å². The molecular weight excluding hydrogens is 164 g/mol. The van der Waals surface area contributed by atoms with Crippen molar-refractivity contribution in [3.05, 3.63) is 11.3 Å². The molecule has 0 radical (unpaired) electrons. The number of nitrogens with one attached hydrogen (secondary N) is 1. The van der Waals surface area contributed by atoms with Crippen molar-refractivity contribution in [1.82, 2.24) is 20.3 Å². The van der Waals surface area contributed by atoms with E-state index >= 15 is 0 Å². The fraction of sp³-hybridized carbons (Fsp3) is 0.667. The van der Waals surface area contributed by atoms with Crippen molar-refractivity contribution in [3.63, 3.8) is 0 Å². The van der Waals surface area contributed by atoms with Gasteiger partial charge in [0, 0.05) is 6.04 Å². The van der Waals surface area contributed by atoms with Crippen LogP contribution in [0.2, 0.25) is 5.15 Å². The molecule has 1 aromatic rings. The Morgan fingerprint density at radius 2 is 2.55 bits per heavy atom. The SMILES string of the molecule is CNC(C)Cn1nncc1Cl. The molecule has 0 aromatic carbocycles. The standard InChI is InChI=1S/C6H11ClN4/c1-5(8-2)4-11-6(7)3-9-10-11/h3,5,8H,4H2,1-2H3. The molecule has 1 atom stereocenters. The van der Waals surface area contributed by atoms with Crippen LogP contribution in [0.1, 0.15) is 6.92 Å². The van der Waals surface area contributed by atoms with Crippen molar-refractivity contribution in [3.8, 4) is 0 Å². The predicted octanol–water partition coefficient (Wildman–Crippen LogP) is 0.539. The summed E-state index contributed by atoms with van der Waals surface area (Å²) in [4.78, 5) is 0. The summed E-state index contributed by atoms with van der Waals surface area (Å²) in [5.41, 5.74) is 0. The Kier molecular flexibility index (Phi) is 2.84. The Bertz CT molecular complexity index is 222. The monoisotopic (exact) mass is 174 g/mol. The summed E-state index contributed by atoms with van der Waals surface area (Å²) in [5, 5.41) is 11.1. The molecule has 0 aliphatic carbocycles. The Balaban J connectivity index is 2.56. The summed E-state index contributed by atoms with van der Waals surface area (Å²) in [7, 11) is 1.90. The minimum Gasteiger partial charge on any atom is -0.315 e. The van der Waals surface area contributed by atoms with Gasteiger partial charge < -0.3 is 5.32 Å². The van der Waals surface area contributed by atoms with Gasteiger partial charge in [0.25, 0.3) is 0 Å². The summed E-state index contributed by atoms with van der Waals surface area (Å²) in [6.07, 6.45) is 1.53. The normalized spacial score (nSPS) is 13.4. The summed E-state index contributed by atoms with van der Waals surface area (Å²) in [5.74, 6) is 0. The molecule has 62 valence electrons. The zero-order valence-electron chi connectivity index (χ0n) is 6.58. The van der Waals surface area contributed by atoms with Crippen LogP contribution in [0.15, 0.2) is 6.20 Å². The van der Waals surface area contributed by atoms with Gasteiger partial charge in [-0.25, -0.2) is 4.68 Å². The van der Waals surface area contributed by atoms with E-state index < -0.39 is 0 Å². The van der Waals surface area contributed by atoms with Crippen LogP contribution >= 0.6 is 11.6 Å². The van der Waals surface area contributed by atoms with Gasteiger partial charge in [-0.1, -0.05) is 16.8 Å². The van der Waals surface area contributed by atoms with E-state index in [1.165, 1.54) is 6.20 Å². The molecule has 0 bridgehead atoms. The molecule has 0 saturated heterocycles. The highest BCUT2D eigenvalue weighted by atomic mass is 35.5. The van der Waals surface area contributed by atoms with Crippen molar-refractivity contribution in [2.75, 3.05) is 7.05 Å². The molecule has 4 nitrogen and oxygen atoms in total. The number of hydrogen-bond acceptors (Lipinski definition) is 3. The molecule has 11 heavy (non-hydrogen) atoms. The van der Waals surface area contributed by atoms with Gasteiger partial charge in [-0.15, -0.1) is 5.10 Å². The van der Waals surface area contributed by atoms with E-state index in [0.717, 1.165) is 6.54 Å². The van der Waals surface area contributed by atoms with Crippen molar-refractivity contribution >= 4 is 11.6 Å². The van der Waals surface area contributed by atoms with E-state index in [1.807, 2.05) is 7.05 Å². The number of halogens is 1. The summed E-state index contributed by atoms with van der Waals surface area (Å²) in [6, 6.07) is 0.356. The van der Waals surface area contributed by atoms with Crippen molar-refractivity contribution in [2.24, 2.45) is 0 Å². The molecule has 5 heteroatoms. The summed E-state index contributed by atoms with van der Waals surface area (Å²) in [6.45, 7) is 2.80. The van der Waals surface area contributed by atoms with Gasteiger partial charge in [-0.3, -0.25) is 0 Å². The van der Waals surface area contributed by atoms with Gasteiger partial charge in [0.1, 0.15) is 5.15 Å². The number of nitrogens with zero attached hydrogens (tertiary/aromatic N) is 3. The molecule has 1 rings (SSSR count). The number of aromatic nitrogens is 3. The first-order valence-electron chi connectivity index (χ1n) is 3.45. The average Bonchev–Trinajstić information content (AvgIpc) is 2.37. The zero-order valence-corrected chi connectivity index (χ0v) is 7.34. The Morgan fingerprint density at radius 3 is 3.00 bits per heavy atom. The second-order valence-corrected chi connectivity index (χ2v) is 2.82. The Labute approximate surface area is 70.5 Å². The van der Waals surface area contributed by atoms with Crippen molar-refractivity contribution in [2.45, 2.75) is 19.5 Å². The minimum absolute atomic E-state index is 0.356. The quantitative estimate of drug-likeness (QED) is 0.728. The van der Waals surface area contributed by atoms with Crippen LogP contribution in [-0.4, -0.2) is 28.1 Å². The lowest BCUT2D eigenvalue weighted by atomic mass is 10.3. The van der Waals surface area contributed by atoms with E-state index in [9.17, 15) is 0 Å². The third-order valence-corrected chi connectivity index (χ3v) is 1.80. The highest BCUT2D eigenvalue weighted by Crippen LogP contribution is 2.04. The molecule has 1 heterocycles. The molecule has 0 aliphatic rings. The minimum atomic E-state index is 0.356. The maximum Gasteiger partial charge on any atom is 0.147 e. The van der Waals surface area contributed by atoms with Crippen LogP contribution in [0.5, 0.6) is 0 Å². The average molecular weight is 175 g/mol. The highest BCUT2D eigenvalue weighted by Gasteiger charge is 2.03. The molecule has 1 unspecified atom stereocenters. The molecular formula is C6H11ClN4. The maximum atomic E-state index is 5.75. The Hall–Kier alpha value is -0.610. The predicted molar refractivity (Wildman–Crippen MR) is 43.6 cm³/mol. The van der Waals surface area contributed by atoms with Gasteiger partial charge in [0.2, 0.25) is 0 Å². The first-order chi connectivity index (χ1) is 5.24. The zero-order chi connectivity index (χ0) is 8.27. The van der Waals surface area contributed by atoms with Crippen molar-refractivity contribution < 1.29 is 0 Å². The summed E-state index contributed by atoms with van der Waals surface area (Å²) >= 11 is 5.75. The lowest BCUT2D eigenvalue weighted by molar-refractivity contribution is 0.472. The van der Waals surface area contributed by atoms with E-state index in [0.29, 0.717) is 11.2 Å². The van der Waals surface area contributed by atoms with E-state index in [2.05, 4.69) is 22.6 Å². The number of likely N-dealkylation sites (N-methyl/N-ethyl adjacent to an activating group) is 1. The van der Waals surface area contributed by atoms with Gasteiger partial charge in [-0.2, -0.15) is 0 Å². The molecule has 0 amide bonds. The lowest BCUT2D eigenvalue weighted by Crippen LogP contribution is -2.27. The van der Waals surface area contributed by atoms with Crippen molar-refractivity contribution in [1.29, 1.82) is 0 Å². The van der Waals surface area contributed by atoms with Crippen LogP contribution in [-0.2, 0) is 6.54 Å². The molecule has 0 aliphatic heterocycles. The Morgan fingerprint density at radius 1 is 1.82 bits per heavy atom. The molecule has 0 spiro atoms. The number of hydrogen-bond donors (Lipinski definition) is 1. The van der Waals surface area contributed by atoms with Crippen LogP contribution in [0.4, 0.5) is 0 Å². The summed E-state index contributed by atoms with van der Waals surface area (Å²) < 4.78 is 1.66. The van der Waals surface area contributed by atoms with Crippen LogP contribution in [0.3, 0.4) is 0 Å². The first kappa shape index (κ1) is 8.49. The molecule has 1 N–H and O–H groups in total. The largest absolute Gasteiger partial charge is 0.315 e. The highest BCUT2D eigenvalue weighted by molar-refractivity contribution is 6.29. The van der Waals surface area contributed by atoms with E-state index in [4.69, 9.17) is 11.6 Å². The lowest BCUT2D eigenvalue weighted by Gasteiger charge is -2.09. The van der Waals surface area contributed by atoms with Gasteiger partial charge in [-0.05, 0) is 14.0 Å². The molecule has 1 aromatic heterocycles. The van der Waals surface area contributed by atoms with Crippen LogP contribution < -0.4 is 5.32 Å². The number of rotatable bonds is 3. The molecule has 0 saturated carbocycles. The van der Waals surface area contributed by atoms with E-state index in [1.54, 1.807) is 4.68 Å². The third kappa shape index (κ3) is 2.17. The topological polar surface area (TPSA) is 42.7 Å². The van der Waals surface area contributed by atoms with Crippen LogP contribution in [0.25, 0.3) is 0 Å². The second-order valence-electron chi connectivity index (χ2n) is 2.43. The second kappa shape index (κ2) is 3.69.